The van der Waals surface area contributed by atoms with Gasteiger partial charge in [0.2, 0.25) is 0 Å². The fourth-order valence-corrected chi connectivity index (χ4v) is 2.16. The second-order valence-electron chi connectivity index (χ2n) is 4.25. The minimum atomic E-state index is -4.42. The van der Waals surface area contributed by atoms with Crippen molar-refractivity contribution in [3.63, 3.8) is 0 Å². The lowest BCUT2D eigenvalue weighted by atomic mass is 10.2. The van der Waals surface area contributed by atoms with Crippen LogP contribution in [-0.2, 0) is 6.18 Å². The zero-order valence-electron chi connectivity index (χ0n) is 10.4. The fraction of sp³-hybridized carbons (Fsp3) is 0.154. The number of alkyl halides is 3. The molecule has 1 aromatic heterocycles. The summed E-state index contributed by atoms with van der Waals surface area (Å²) in [5, 5.41) is 2.85. The Bertz CT molecular complexity index is 641. The van der Waals surface area contributed by atoms with Crippen LogP contribution >= 0.6 is 15.9 Å². The highest BCUT2D eigenvalue weighted by Gasteiger charge is 2.33. The Labute approximate surface area is 122 Å². The Morgan fingerprint density at radius 3 is 2.55 bits per heavy atom. The molecule has 0 saturated carbocycles. The summed E-state index contributed by atoms with van der Waals surface area (Å²) >= 11 is 2.90. The predicted molar refractivity (Wildman–Crippen MR) is 75.8 cm³/mol. The summed E-state index contributed by atoms with van der Waals surface area (Å²) < 4.78 is 38.4. The van der Waals surface area contributed by atoms with Crippen LogP contribution in [0.25, 0.3) is 0 Å². The molecule has 106 valence electrons. The third-order valence-electron chi connectivity index (χ3n) is 2.63. The van der Waals surface area contributed by atoms with Crippen molar-refractivity contribution < 1.29 is 13.2 Å². The lowest BCUT2D eigenvalue weighted by molar-refractivity contribution is -0.138. The maximum atomic E-state index is 12.8. The summed E-state index contributed by atoms with van der Waals surface area (Å²) in [5.41, 5.74) is 6.39. The molecule has 0 radical (unpaired) electrons. The van der Waals surface area contributed by atoms with Crippen molar-refractivity contribution in [3.8, 4) is 0 Å². The van der Waals surface area contributed by atoms with Gasteiger partial charge in [0, 0.05) is 10.2 Å². The van der Waals surface area contributed by atoms with Crippen molar-refractivity contribution in [2.24, 2.45) is 0 Å². The van der Waals surface area contributed by atoms with E-state index in [-0.39, 0.29) is 4.47 Å². The molecule has 7 heteroatoms. The van der Waals surface area contributed by atoms with Crippen molar-refractivity contribution in [2.45, 2.75) is 13.1 Å². The molecule has 2 aromatic rings. The number of aryl methyl sites for hydroxylation is 1. The lowest BCUT2D eigenvalue weighted by Crippen LogP contribution is -2.07. The van der Waals surface area contributed by atoms with Crippen molar-refractivity contribution in [2.75, 3.05) is 11.1 Å². The van der Waals surface area contributed by atoms with E-state index in [9.17, 15) is 13.2 Å². The Balaban J connectivity index is 2.35. The number of pyridine rings is 1. The number of rotatable bonds is 2. The summed E-state index contributed by atoms with van der Waals surface area (Å²) in [6.07, 6.45) is -2.97. The van der Waals surface area contributed by atoms with E-state index in [0.29, 0.717) is 17.2 Å². The largest absolute Gasteiger partial charge is 0.417 e. The smallest absolute Gasteiger partial charge is 0.397 e. The minimum absolute atomic E-state index is 0.00228. The number of anilines is 3. The first-order chi connectivity index (χ1) is 9.27. The second kappa shape index (κ2) is 5.32. The quantitative estimate of drug-likeness (QED) is 0.842. The first-order valence-corrected chi connectivity index (χ1v) is 6.42. The minimum Gasteiger partial charge on any atom is -0.397 e. The number of nitrogens with zero attached hydrogens (tertiary/aromatic N) is 1. The lowest BCUT2D eigenvalue weighted by Gasteiger charge is -2.13. The van der Waals surface area contributed by atoms with Gasteiger partial charge in [0.25, 0.3) is 0 Å². The molecule has 1 heterocycles. The van der Waals surface area contributed by atoms with E-state index >= 15 is 0 Å². The average Bonchev–Trinajstić information content (AvgIpc) is 2.33. The third-order valence-corrected chi connectivity index (χ3v) is 3.33. The molecule has 0 spiro atoms. The third kappa shape index (κ3) is 3.22. The fourth-order valence-electron chi connectivity index (χ4n) is 1.68. The predicted octanol–water partition coefficient (Wildman–Crippen LogP) is 4.50. The van der Waals surface area contributed by atoms with Gasteiger partial charge in [-0.25, -0.2) is 4.98 Å². The van der Waals surface area contributed by atoms with Crippen LogP contribution in [0.5, 0.6) is 0 Å². The molecular weight excluding hydrogens is 335 g/mol. The van der Waals surface area contributed by atoms with Gasteiger partial charge >= 0.3 is 6.18 Å². The molecule has 0 saturated heterocycles. The molecule has 0 fully saturated rings. The van der Waals surface area contributed by atoms with Crippen molar-refractivity contribution >= 4 is 33.1 Å². The topological polar surface area (TPSA) is 50.9 Å². The van der Waals surface area contributed by atoms with Crippen LogP contribution in [0.3, 0.4) is 0 Å². The van der Waals surface area contributed by atoms with E-state index in [1.165, 1.54) is 18.3 Å². The Morgan fingerprint density at radius 1 is 1.25 bits per heavy atom. The van der Waals surface area contributed by atoms with Gasteiger partial charge in [0.05, 0.1) is 17.4 Å². The molecule has 0 aliphatic heterocycles. The molecule has 0 aliphatic carbocycles. The summed E-state index contributed by atoms with van der Waals surface area (Å²) in [6, 6.07) is 5.61. The number of benzene rings is 1. The Hall–Kier alpha value is -1.76. The van der Waals surface area contributed by atoms with E-state index in [1.54, 1.807) is 13.0 Å². The van der Waals surface area contributed by atoms with Crippen molar-refractivity contribution in [3.05, 3.63) is 46.1 Å². The molecule has 0 aliphatic rings. The number of hydrogen-bond acceptors (Lipinski definition) is 3. The van der Waals surface area contributed by atoms with Gasteiger partial charge in [-0.3, -0.25) is 0 Å². The number of nitrogens with two attached hydrogens (primary N) is 1. The summed E-state index contributed by atoms with van der Waals surface area (Å²) in [7, 11) is 0. The molecular formula is C13H11BrF3N3. The van der Waals surface area contributed by atoms with Crippen molar-refractivity contribution in [1.29, 1.82) is 0 Å². The average molecular weight is 346 g/mol. The normalized spacial score (nSPS) is 11.4. The molecule has 0 bridgehead atoms. The second-order valence-corrected chi connectivity index (χ2v) is 5.11. The van der Waals surface area contributed by atoms with E-state index in [1.807, 2.05) is 0 Å². The highest BCUT2D eigenvalue weighted by atomic mass is 79.9. The SMILES string of the molecule is Cc1cc(N)cnc1Nc1ccc(Br)c(C(F)(F)F)c1. The van der Waals surface area contributed by atoms with Crippen LogP contribution < -0.4 is 11.1 Å². The molecule has 20 heavy (non-hydrogen) atoms. The van der Waals surface area contributed by atoms with E-state index in [2.05, 4.69) is 26.2 Å². The Morgan fingerprint density at radius 2 is 1.95 bits per heavy atom. The zero-order valence-corrected chi connectivity index (χ0v) is 12.0. The molecule has 3 nitrogen and oxygen atoms in total. The molecule has 2 rings (SSSR count). The van der Waals surface area contributed by atoms with Crippen LogP contribution in [0.4, 0.5) is 30.4 Å². The van der Waals surface area contributed by atoms with Gasteiger partial charge in [-0.1, -0.05) is 15.9 Å². The van der Waals surface area contributed by atoms with Gasteiger partial charge in [0.1, 0.15) is 5.82 Å². The summed E-state index contributed by atoms with van der Waals surface area (Å²) in [6.45, 7) is 1.77. The van der Waals surface area contributed by atoms with E-state index < -0.39 is 11.7 Å². The first-order valence-electron chi connectivity index (χ1n) is 5.63. The monoisotopic (exact) mass is 345 g/mol. The highest BCUT2D eigenvalue weighted by Crippen LogP contribution is 2.36. The van der Waals surface area contributed by atoms with Crippen LogP contribution in [-0.4, -0.2) is 4.98 Å². The van der Waals surface area contributed by atoms with Gasteiger partial charge in [0.15, 0.2) is 0 Å². The van der Waals surface area contributed by atoms with E-state index in [0.717, 1.165) is 11.6 Å². The van der Waals surface area contributed by atoms with Gasteiger partial charge in [-0.2, -0.15) is 13.2 Å². The van der Waals surface area contributed by atoms with Crippen LogP contribution in [0.15, 0.2) is 34.9 Å². The summed E-state index contributed by atoms with van der Waals surface area (Å²) in [5.74, 6) is 0.467. The van der Waals surface area contributed by atoms with Gasteiger partial charge < -0.3 is 11.1 Å². The number of aromatic nitrogens is 1. The highest BCUT2D eigenvalue weighted by molar-refractivity contribution is 9.10. The molecule has 0 atom stereocenters. The van der Waals surface area contributed by atoms with Crippen LogP contribution in [0.2, 0.25) is 0 Å². The van der Waals surface area contributed by atoms with Gasteiger partial charge in [-0.15, -0.1) is 0 Å². The number of hydrogen-bond donors (Lipinski definition) is 2. The molecule has 0 amide bonds. The van der Waals surface area contributed by atoms with Crippen molar-refractivity contribution in [1.82, 2.24) is 4.98 Å². The first kappa shape index (κ1) is 14.6. The number of nitrogen functional groups attached to an aromatic ring is 1. The maximum absolute atomic E-state index is 12.8. The summed E-state index contributed by atoms with van der Waals surface area (Å²) in [4.78, 5) is 4.06. The molecule has 1 aromatic carbocycles. The number of halogens is 4. The Kier molecular flexibility index (Phi) is 3.89. The van der Waals surface area contributed by atoms with Crippen LogP contribution in [0.1, 0.15) is 11.1 Å². The maximum Gasteiger partial charge on any atom is 0.417 e. The van der Waals surface area contributed by atoms with Crippen LogP contribution in [0, 0.1) is 6.92 Å². The van der Waals surface area contributed by atoms with Gasteiger partial charge in [-0.05, 0) is 36.8 Å². The zero-order chi connectivity index (χ0) is 14.9. The molecule has 3 N–H and O–H groups in total. The standard InChI is InChI=1S/C13H11BrF3N3/c1-7-4-8(18)6-19-12(7)20-9-2-3-11(14)10(5-9)13(15,16)17/h2-6H,18H2,1H3,(H,19,20). The molecule has 0 unspecified atom stereocenters. The number of nitrogens with one attached hydrogen (secondary N) is 1. The van der Waals surface area contributed by atoms with E-state index in [4.69, 9.17) is 5.73 Å².